The molecule has 0 amide bonds. The summed E-state index contributed by atoms with van der Waals surface area (Å²) in [6.45, 7) is 2.30. The van der Waals surface area contributed by atoms with Crippen molar-refractivity contribution in [1.29, 1.82) is 0 Å². The van der Waals surface area contributed by atoms with E-state index in [0.717, 1.165) is 0 Å². The standard InChI is InChI=1S/C10H15NO4S/c1-7(6-16(2)14)11-5-8-3-4-15-9(8)10(12)13/h3-4,7,11H,5-6H2,1-2H3,(H,12,13). The number of furan rings is 1. The van der Waals surface area contributed by atoms with Crippen molar-refractivity contribution in [2.24, 2.45) is 0 Å². The number of aromatic carboxylic acids is 1. The van der Waals surface area contributed by atoms with Gasteiger partial charge in [-0.2, -0.15) is 0 Å². The Balaban J connectivity index is 2.51. The van der Waals surface area contributed by atoms with Crippen LogP contribution in [0.1, 0.15) is 23.0 Å². The van der Waals surface area contributed by atoms with E-state index in [1.807, 2.05) is 6.92 Å². The molecule has 0 bridgehead atoms. The summed E-state index contributed by atoms with van der Waals surface area (Å²) >= 11 is 0. The summed E-state index contributed by atoms with van der Waals surface area (Å²) in [6, 6.07) is 1.69. The van der Waals surface area contributed by atoms with Gasteiger partial charge < -0.3 is 14.8 Å². The van der Waals surface area contributed by atoms with Crippen LogP contribution in [0.15, 0.2) is 16.7 Å². The highest BCUT2D eigenvalue weighted by atomic mass is 32.2. The topological polar surface area (TPSA) is 79.5 Å². The second-order valence-corrected chi connectivity index (χ2v) is 5.08. The molecule has 6 heteroatoms. The van der Waals surface area contributed by atoms with E-state index >= 15 is 0 Å². The van der Waals surface area contributed by atoms with E-state index in [-0.39, 0.29) is 11.8 Å². The van der Waals surface area contributed by atoms with Crippen LogP contribution in [0.2, 0.25) is 0 Å². The summed E-state index contributed by atoms with van der Waals surface area (Å²) in [4.78, 5) is 10.7. The number of carboxylic acids is 1. The van der Waals surface area contributed by atoms with Crippen molar-refractivity contribution in [2.45, 2.75) is 19.5 Å². The van der Waals surface area contributed by atoms with E-state index in [0.29, 0.717) is 17.9 Å². The van der Waals surface area contributed by atoms with Gasteiger partial charge in [0.1, 0.15) is 0 Å². The first-order chi connectivity index (χ1) is 7.50. The molecule has 2 unspecified atom stereocenters. The van der Waals surface area contributed by atoms with Gasteiger partial charge in [-0.05, 0) is 13.0 Å². The molecule has 1 aromatic heterocycles. The molecule has 0 aliphatic rings. The van der Waals surface area contributed by atoms with Gasteiger partial charge in [-0.15, -0.1) is 0 Å². The minimum Gasteiger partial charge on any atom is -0.475 e. The SMILES string of the molecule is CC(CS(C)=O)NCc1ccoc1C(=O)O. The van der Waals surface area contributed by atoms with Crippen molar-refractivity contribution < 1.29 is 18.5 Å². The molecule has 0 aliphatic carbocycles. The van der Waals surface area contributed by atoms with E-state index in [2.05, 4.69) is 5.32 Å². The molecule has 2 atom stereocenters. The van der Waals surface area contributed by atoms with Crippen LogP contribution in [0.25, 0.3) is 0 Å². The Morgan fingerprint density at radius 1 is 1.69 bits per heavy atom. The largest absolute Gasteiger partial charge is 0.475 e. The van der Waals surface area contributed by atoms with Gasteiger partial charge in [0, 0.05) is 41.0 Å². The molecule has 90 valence electrons. The minimum atomic E-state index is -1.08. The fraction of sp³-hybridized carbons (Fsp3) is 0.500. The molecule has 1 rings (SSSR count). The molecule has 16 heavy (non-hydrogen) atoms. The monoisotopic (exact) mass is 245 g/mol. The second kappa shape index (κ2) is 5.81. The van der Waals surface area contributed by atoms with Crippen molar-refractivity contribution >= 4 is 16.8 Å². The molecular weight excluding hydrogens is 230 g/mol. The van der Waals surface area contributed by atoms with Gasteiger partial charge in [-0.25, -0.2) is 4.79 Å². The Kier molecular flexibility index (Phi) is 4.70. The van der Waals surface area contributed by atoms with Gasteiger partial charge in [-0.3, -0.25) is 4.21 Å². The fourth-order valence-corrected chi connectivity index (χ4v) is 2.18. The zero-order valence-electron chi connectivity index (χ0n) is 9.23. The molecule has 0 saturated carbocycles. The highest BCUT2D eigenvalue weighted by Gasteiger charge is 2.14. The Hall–Kier alpha value is -1.14. The molecule has 1 aromatic rings. The normalized spacial score (nSPS) is 14.6. The third kappa shape index (κ3) is 3.79. The highest BCUT2D eigenvalue weighted by Crippen LogP contribution is 2.10. The molecule has 1 heterocycles. The van der Waals surface area contributed by atoms with E-state index in [4.69, 9.17) is 9.52 Å². The predicted molar refractivity (Wildman–Crippen MR) is 60.9 cm³/mol. The maximum absolute atomic E-state index is 10.9. The first-order valence-corrected chi connectivity index (χ1v) is 6.56. The van der Waals surface area contributed by atoms with Crippen LogP contribution < -0.4 is 5.32 Å². The molecule has 5 nitrogen and oxygen atoms in total. The summed E-state index contributed by atoms with van der Waals surface area (Å²) in [7, 11) is -0.860. The van der Waals surface area contributed by atoms with Gasteiger partial charge in [0.2, 0.25) is 5.76 Å². The van der Waals surface area contributed by atoms with E-state index in [1.165, 1.54) is 6.26 Å². The molecule has 0 radical (unpaired) electrons. The molecular formula is C10H15NO4S. The van der Waals surface area contributed by atoms with Gasteiger partial charge in [-0.1, -0.05) is 0 Å². The zero-order valence-corrected chi connectivity index (χ0v) is 10.0. The molecule has 2 N–H and O–H groups in total. The van der Waals surface area contributed by atoms with Crippen LogP contribution in [-0.2, 0) is 17.3 Å². The summed E-state index contributed by atoms with van der Waals surface area (Å²) in [5.74, 6) is -0.578. The Morgan fingerprint density at radius 3 is 2.94 bits per heavy atom. The lowest BCUT2D eigenvalue weighted by Gasteiger charge is -2.11. The van der Waals surface area contributed by atoms with Crippen molar-refractivity contribution in [3.63, 3.8) is 0 Å². The Labute approximate surface area is 96.3 Å². The number of nitrogens with one attached hydrogen (secondary N) is 1. The van der Waals surface area contributed by atoms with E-state index in [9.17, 15) is 9.00 Å². The van der Waals surface area contributed by atoms with Crippen LogP contribution in [-0.4, -0.2) is 33.3 Å². The minimum absolute atomic E-state index is 0.0441. The van der Waals surface area contributed by atoms with E-state index in [1.54, 1.807) is 12.3 Å². The smallest absolute Gasteiger partial charge is 0.372 e. The Bertz CT molecular complexity index is 388. The van der Waals surface area contributed by atoms with Crippen molar-refractivity contribution in [3.8, 4) is 0 Å². The third-order valence-electron chi connectivity index (χ3n) is 2.07. The van der Waals surface area contributed by atoms with Crippen LogP contribution in [0.3, 0.4) is 0 Å². The summed E-state index contributed by atoms with van der Waals surface area (Å²) in [5.41, 5.74) is 0.598. The molecule has 0 aliphatic heterocycles. The van der Waals surface area contributed by atoms with Crippen LogP contribution in [0, 0.1) is 0 Å². The van der Waals surface area contributed by atoms with Gasteiger partial charge in [0.05, 0.1) is 6.26 Å². The van der Waals surface area contributed by atoms with Gasteiger partial charge in [0.15, 0.2) is 0 Å². The van der Waals surface area contributed by atoms with Crippen molar-refractivity contribution in [3.05, 3.63) is 23.7 Å². The second-order valence-electron chi connectivity index (χ2n) is 3.60. The Morgan fingerprint density at radius 2 is 2.38 bits per heavy atom. The maximum atomic E-state index is 10.9. The molecule has 0 aromatic carbocycles. The fourth-order valence-electron chi connectivity index (χ4n) is 1.36. The number of hydrogen-bond acceptors (Lipinski definition) is 4. The van der Waals surface area contributed by atoms with Gasteiger partial charge >= 0.3 is 5.97 Å². The molecule has 0 saturated heterocycles. The number of carboxylic acid groups (broad SMARTS) is 1. The molecule has 0 spiro atoms. The lowest BCUT2D eigenvalue weighted by Crippen LogP contribution is -2.30. The number of hydrogen-bond donors (Lipinski definition) is 2. The van der Waals surface area contributed by atoms with Crippen LogP contribution >= 0.6 is 0 Å². The van der Waals surface area contributed by atoms with Crippen molar-refractivity contribution in [1.82, 2.24) is 5.32 Å². The van der Waals surface area contributed by atoms with Crippen molar-refractivity contribution in [2.75, 3.05) is 12.0 Å². The first-order valence-electron chi connectivity index (χ1n) is 4.83. The van der Waals surface area contributed by atoms with Gasteiger partial charge in [0.25, 0.3) is 0 Å². The van der Waals surface area contributed by atoms with E-state index < -0.39 is 16.8 Å². The average molecular weight is 245 g/mol. The summed E-state index contributed by atoms with van der Waals surface area (Å²) in [5, 5.41) is 11.9. The van der Waals surface area contributed by atoms with Crippen LogP contribution in [0.4, 0.5) is 0 Å². The lowest BCUT2D eigenvalue weighted by molar-refractivity contribution is 0.0660. The number of rotatable bonds is 6. The average Bonchev–Trinajstić information content (AvgIpc) is 2.61. The number of carbonyl (C=O) groups is 1. The quantitative estimate of drug-likeness (QED) is 0.776. The summed E-state index contributed by atoms with van der Waals surface area (Å²) < 4.78 is 15.8. The van der Waals surface area contributed by atoms with Crippen LogP contribution in [0.5, 0.6) is 0 Å². The highest BCUT2D eigenvalue weighted by molar-refractivity contribution is 7.84. The third-order valence-corrected chi connectivity index (χ3v) is 3.04. The zero-order chi connectivity index (χ0) is 12.1. The predicted octanol–water partition coefficient (Wildman–Crippen LogP) is 0.834. The first kappa shape index (κ1) is 12.9. The lowest BCUT2D eigenvalue weighted by atomic mass is 10.2. The maximum Gasteiger partial charge on any atom is 0.372 e. The molecule has 0 fully saturated rings. The summed E-state index contributed by atoms with van der Waals surface area (Å²) in [6.07, 6.45) is 2.99.